The molecule has 1 atom stereocenters. The molecule has 1 amide bonds. The van der Waals surface area contributed by atoms with E-state index >= 15 is 0 Å². The van der Waals surface area contributed by atoms with Crippen LogP contribution in [0, 0.1) is 0 Å². The van der Waals surface area contributed by atoms with Crippen LogP contribution < -0.4 is 14.8 Å². The molecule has 1 aliphatic rings. The van der Waals surface area contributed by atoms with Crippen LogP contribution in [0.1, 0.15) is 5.56 Å². The van der Waals surface area contributed by atoms with Gasteiger partial charge in [-0.2, -0.15) is 0 Å². The molecule has 0 aliphatic carbocycles. The number of imidazole rings is 1. The maximum absolute atomic E-state index is 12.3. The second-order valence-electron chi connectivity index (χ2n) is 5.58. The predicted octanol–water partition coefficient (Wildman–Crippen LogP) is 1.72. The Balaban J connectivity index is 1.35. The molecule has 1 unspecified atom stereocenters. The Labute approximate surface area is 144 Å². The molecule has 126 valence electrons. The molecular weight excluding hydrogens is 320 g/mol. The van der Waals surface area contributed by atoms with Crippen molar-refractivity contribution in [2.24, 2.45) is 0 Å². The molecule has 25 heavy (non-hydrogen) atoms. The Hall–Kier alpha value is -3.35. The van der Waals surface area contributed by atoms with Crippen LogP contribution in [0.5, 0.6) is 11.5 Å². The second kappa shape index (κ2) is 6.64. The maximum Gasteiger partial charge on any atom is 0.264 e. The molecule has 0 saturated heterocycles. The summed E-state index contributed by atoms with van der Waals surface area (Å²) in [6, 6.07) is 11.1. The highest BCUT2D eigenvalue weighted by Gasteiger charge is 2.26. The number of hydrogen-bond donors (Lipinski definition) is 1. The van der Waals surface area contributed by atoms with Gasteiger partial charge in [-0.05, 0) is 23.8 Å². The summed E-state index contributed by atoms with van der Waals surface area (Å²) in [5, 5.41) is 2.85. The fourth-order valence-corrected chi connectivity index (χ4v) is 2.52. The molecule has 1 N–H and O–H groups in total. The molecular formula is C18H16N4O3. The third-order valence-electron chi connectivity index (χ3n) is 3.85. The van der Waals surface area contributed by atoms with E-state index in [-0.39, 0.29) is 12.5 Å². The molecule has 1 aliphatic heterocycles. The zero-order valence-electron chi connectivity index (χ0n) is 13.3. The minimum Gasteiger partial charge on any atom is -0.485 e. The van der Waals surface area contributed by atoms with Gasteiger partial charge in [0.2, 0.25) is 6.10 Å². The lowest BCUT2D eigenvalue weighted by Gasteiger charge is -2.25. The van der Waals surface area contributed by atoms with E-state index in [1.165, 1.54) is 0 Å². The number of nitrogens with zero attached hydrogens (tertiary/aromatic N) is 3. The molecule has 3 heterocycles. The number of hydrogen-bond acceptors (Lipinski definition) is 5. The lowest BCUT2D eigenvalue weighted by atomic mass is 10.2. The number of carbonyl (C=O) groups excluding carboxylic acids is 1. The summed E-state index contributed by atoms with van der Waals surface area (Å²) in [4.78, 5) is 20.6. The summed E-state index contributed by atoms with van der Waals surface area (Å²) < 4.78 is 13.1. The van der Waals surface area contributed by atoms with Gasteiger partial charge in [0, 0.05) is 25.1 Å². The van der Waals surface area contributed by atoms with Gasteiger partial charge >= 0.3 is 0 Å². The zero-order chi connectivity index (χ0) is 17.1. The lowest BCUT2D eigenvalue weighted by Crippen LogP contribution is -2.43. The lowest BCUT2D eigenvalue weighted by molar-refractivity contribution is -0.130. The van der Waals surface area contributed by atoms with Gasteiger partial charge in [-0.1, -0.05) is 18.2 Å². The molecule has 0 fully saturated rings. The van der Waals surface area contributed by atoms with Crippen molar-refractivity contribution in [3.63, 3.8) is 0 Å². The van der Waals surface area contributed by atoms with Gasteiger partial charge in [0.05, 0.1) is 0 Å². The fraction of sp³-hybridized carbons (Fsp3) is 0.167. The third kappa shape index (κ3) is 3.30. The summed E-state index contributed by atoms with van der Waals surface area (Å²) in [5.74, 6) is 1.80. The number of rotatable bonds is 4. The topological polar surface area (TPSA) is 78.3 Å². The molecule has 1 aromatic carbocycles. The Kier molecular flexibility index (Phi) is 4.04. The van der Waals surface area contributed by atoms with Crippen molar-refractivity contribution in [2.75, 3.05) is 6.61 Å². The van der Waals surface area contributed by atoms with Gasteiger partial charge < -0.3 is 14.8 Å². The average molecular weight is 336 g/mol. The molecule has 0 spiro atoms. The number of nitrogens with one attached hydrogen (secondary N) is 1. The Morgan fingerprint density at radius 2 is 2.12 bits per heavy atom. The highest BCUT2D eigenvalue weighted by molar-refractivity contribution is 5.81. The second-order valence-corrected chi connectivity index (χ2v) is 5.58. The van der Waals surface area contributed by atoms with Crippen molar-refractivity contribution in [1.29, 1.82) is 0 Å². The predicted molar refractivity (Wildman–Crippen MR) is 89.6 cm³/mol. The molecule has 3 aromatic rings. The maximum atomic E-state index is 12.3. The number of amides is 1. The van der Waals surface area contributed by atoms with Gasteiger partial charge in [-0.25, -0.2) is 9.97 Å². The fourth-order valence-electron chi connectivity index (χ4n) is 2.52. The summed E-state index contributed by atoms with van der Waals surface area (Å²) in [5.41, 5.74) is 0.898. The Bertz CT molecular complexity index is 862. The van der Waals surface area contributed by atoms with E-state index in [1.54, 1.807) is 24.8 Å². The van der Waals surface area contributed by atoms with Crippen LogP contribution in [0.15, 0.2) is 61.3 Å². The minimum absolute atomic E-state index is 0.195. The van der Waals surface area contributed by atoms with Crippen LogP contribution >= 0.6 is 0 Å². The van der Waals surface area contributed by atoms with Crippen LogP contribution in [0.3, 0.4) is 0 Å². The smallest absolute Gasteiger partial charge is 0.264 e. The van der Waals surface area contributed by atoms with Gasteiger partial charge in [0.25, 0.3) is 5.91 Å². The van der Waals surface area contributed by atoms with Gasteiger partial charge in [-0.15, -0.1) is 0 Å². The molecule has 2 aromatic heterocycles. The van der Waals surface area contributed by atoms with E-state index in [2.05, 4.69) is 15.3 Å². The van der Waals surface area contributed by atoms with Gasteiger partial charge in [-0.3, -0.25) is 9.36 Å². The number of ether oxygens (including phenoxy) is 2. The highest BCUT2D eigenvalue weighted by Crippen LogP contribution is 2.30. The number of benzene rings is 1. The largest absolute Gasteiger partial charge is 0.485 e. The normalized spacial score (nSPS) is 15.6. The molecule has 0 radical (unpaired) electrons. The first-order valence-corrected chi connectivity index (χ1v) is 7.89. The van der Waals surface area contributed by atoms with Crippen LogP contribution in [-0.2, 0) is 11.3 Å². The van der Waals surface area contributed by atoms with Gasteiger partial charge in [0.15, 0.2) is 11.5 Å². The summed E-state index contributed by atoms with van der Waals surface area (Å²) in [6.45, 7) is 0.568. The number of carbonyl (C=O) groups is 1. The Morgan fingerprint density at radius 3 is 2.88 bits per heavy atom. The number of fused-ring (bicyclic) bond motifs is 1. The van der Waals surface area contributed by atoms with Crippen molar-refractivity contribution in [3.8, 4) is 17.3 Å². The van der Waals surface area contributed by atoms with Crippen molar-refractivity contribution < 1.29 is 14.3 Å². The first-order chi connectivity index (χ1) is 12.3. The van der Waals surface area contributed by atoms with Crippen LogP contribution in [0.4, 0.5) is 0 Å². The number of para-hydroxylation sites is 2. The van der Waals surface area contributed by atoms with E-state index in [4.69, 9.17) is 9.47 Å². The zero-order valence-corrected chi connectivity index (χ0v) is 13.3. The first kappa shape index (κ1) is 15.2. The number of aromatic nitrogens is 3. The average Bonchev–Trinajstić information content (AvgIpc) is 3.21. The quantitative estimate of drug-likeness (QED) is 0.785. The molecule has 0 bridgehead atoms. The van der Waals surface area contributed by atoms with E-state index < -0.39 is 6.10 Å². The van der Waals surface area contributed by atoms with E-state index in [0.29, 0.717) is 18.0 Å². The first-order valence-electron chi connectivity index (χ1n) is 7.89. The summed E-state index contributed by atoms with van der Waals surface area (Å²) in [7, 11) is 0. The third-order valence-corrected chi connectivity index (χ3v) is 3.85. The SMILES string of the molecule is O=C(NCc1ccc(-n2ccnc2)nc1)C1COc2ccccc2O1. The molecule has 7 heteroatoms. The van der Waals surface area contributed by atoms with Crippen molar-refractivity contribution in [1.82, 2.24) is 19.9 Å². The molecule has 7 nitrogen and oxygen atoms in total. The van der Waals surface area contributed by atoms with Crippen molar-refractivity contribution in [3.05, 3.63) is 66.9 Å². The van der Waals surface area contributed by atoms with Crippen LogP contribution in [0.2, 0.25) is 0 Å². The highest BCUT2D eigenvalue weighted by atomic mass is 16.6. The molecule has 4 rings (SSSR count). The number of pyridine rings is 1. The minimum atomic E-state index is -0.659. The van der Waals surface area contributed by atoms with E-state index in [0.717, 1.165) is 11.4 Å². The van der Waals surface area contributed by atoms with E-state index in [9.17, 15) is 4.79 Å². The Morgan fingerprint density at radius 1 is 1.24 bits per heavy atom. The van der Waals surface area contributed by atoms with Crippen molar-refractivity contribution in [2.45, 2.75) is 12.6 Å². The van der Waals surface area contributed by atoms with E-state index in [1.807, 2.05) is 41.1 Å². The van der Waals surface area contributed by atoms with Crippen LogP contribution in [0.25, 0.3) is 5.82 Å². The van der Waals surface area contributed by atoms with Gasteiger partial charge in [0.1, 0.15) is 18.8 Å². The molecule has 0 saturated carbocycles. The monoisotopic (exact) mass is 336 g/mol. The van der Waals surface area contributed by atoms with Crippen LogP contribution in [-0.4, -0.2) is 33.2 Å². The summed E-state index contributed by atoms with van der Waals surface area (Å²) in [6.07, 6.45) is 6.26. The van der Waals surface area contributed by atoms with Crippen molar-refractivity contribution >= 4 is 5.91 Å². The summed E-state index contributed by atoms with van der Waals surface area (Å²) >= 11 is 0. The standard InChI is InChI=1S/C18H16N4O3/c23-18(16-11-24-14-3-1-2-4-15(14)25-16)21-10-13-5-6-17(20-9-13)22-8-7-19-12-22/h1-9,12,16H,10-11H2,(H,21,23).